The predicted molar refractivity (Wildman–Crippen MR) is 113 cm³/mol. The molecule has 0 fully saturated rings. The summed E-state index contributed by atoms with van der Waals surface area (Å²) in [5, 5.41) is 5.26. The van der Waals surface area contributed by atoms with Crippen molar-refractivity contribution in [3.05, 3.63) is 63.0 Å². The third-order valence-corrected chi connectivity index (χ3v) is 5.00. The summed E-state index contributed by atoms with van der Waals surface area (Å²) in [4.78, 5) is 37.4. The Morgan fingerprint density at radius 3 is 2.65 bits per heavy atom. The van der Waals surface area contributed by atoms with E-state index in [9.17, 15) is 14.4 Å². The van der Waals surface area contributed by atoms with Crippen LogP contribution in [0.3, 0.4) is 0 Å². The number of halogens is 1. The second-order valence-corrected chi connectivity index (χ2v) is 7.20. The molecule has 2 heterocycles. The van der Waals surface area contributed by atoms with Crippen molar-refractivity contribution in [3.63, 3.8) is 0 Å². The van der Waals surface area contributed by atoms with Crippen molar-refractivity contribution in [2.75, 3.05) is 13.2 Å². The van der Waals surface area contributed by atoms with Crippen molar-refractivity contribution in [3.8, 4) is 11.5 Å². The van der Waals surface area contributed by atoms with E-state index in [1.54, 1.807) is 43.3 Å². The fraction of sp³-hybridized carbons (Fsp3) is 0.238. The molecule has 1 aliphatic heterocycles. The number of aromatic nitrogens is 2. The van der Waals surface area contributed by atoms with Crippen molar-refractivity contribution in [2.24, 2.45) is 0 Å². The molecular formula is C21H19ClN4O5. The van der Waals surface area contributed by atoms with Gasteiger partial charge in [0.15, 0.2) is 17.2 Å². The lowest BCUT2D eigenvalue weighted by Gasteiger charge is -2.20. The molecule has 3 aromatic rings. The molecule has 0 bridgehead atoms. The van der Waals surface area contributed by atoms with Gasteiger partial charge in [-0.1, -0.05) is 29.8 Å². The zero-order valence-electron chi connectivity index (χ0n) is 16.6. The topological polar surface area (TPSA) is 112 Å². The number of hydrogen-bond donors (Lipinski definition) is 2. The summed E-state index contributed by atoms with van der Waals surface area (Å²) in [6, 6.07) is 9.98. The number of fused-ring (bicyclic) bond motifs is 2. The van der Waals surface area contributed by atoms with E-state index in [0.717, 1.165) is 0 Å². The van der Waals surface area contributed by atoms with Gasteiger partial charge in [0, 0.05) is 11.9 Å². The van der Waals surface area contributed by atoms with Crippen LogP contribution in [0.1, 0.15) is 23.0 Å². The van der Waals surface area contributed by atoms with Crippen molar-refractivity contribution in [1.82, 2.24) is 20.6 Å². The van der Waals surface area contributed by atoms with Crippen LogP contribution in [0.5, 0.6) is 11.5 Å². The Bertz CT molecular complexity index is 1240. The van der Waals surface area contributed by atoms with E-state index in [4.69, 9.17) is 21.1 Å². The molecule has 2 aromatic carbocycles. The zero-order chi connectivity index (χ0) is 22.0. The quantitative estimate of drug-likeness (QED) is 0.596. The van der Waals surface area contributed by atoms with Crippen LogP contribution < -0.4 is 25.9 Å². The number of nitrogens with zero attached hydrogens (tertiary/aromatic N) is 2. The van der Waals surface area contributed by atoms with Crippen molar-refractivity contribution in [2.45, 2.75) is 19.9 Å². The molecule has 0 atom stereocenters. The largest absolute Gasteiger partial charge is 0.486 e. The van der Waals surface area contributed by atoms with Crippen LogP contribution in [0.4, 0.5) is 0 Å². The van der Waals surface area contributed by atoms with Gasteiger partial charge in [-0.2, -0.15) is 5.10 Å². The van der Waals surface area contributed by atoms with E-state index in [1.165, 1.54) is 4.68 Å². The Labute approximate surface area is 181 Å². The average Bonchev–Trinajstić information content (AvgIpc) is 2.78. The van der Waals surface area contributed by atoms with Gasteiger partial charge < -0.3 is 9.47 Å². The third-order valence-electron chi connectivity index (χ3n) is 4.72. The van der Waals surface area contributed by atoms with Crippen LogP contribution in [0.15, 0.2) is 41.2 Å². The summed E-state index contributed by atoms with van der Waals surface area (Å²) in [6.45, 7) is 2.87. The molecule has 0 unspecified atom stereocenters. The number of amides is 2. The Hall–Kier alpha value is -3.59. The molecule has 9 nitrogen and oxygen atoms in total. The van der Waals surface area contributed by atoms with Gasteiger partial charge in [-0.05, 0) is 30.7 Å². The molecule has 0 saturated carbocycles. The molecule has 0 radical (unpaired) electrons. The lowest BCUT2D eigenvalue weighted by molar-refractivity contribution is -0.121. The highest BCUT2D eigenvalue weighted by Gasteiger charge is 2.19. The van der Waals surface area contributed by atoms with Gasteiger partial charge in [-0.15, -0.1) is 0 Å². The summed E-state index contributed by atoms with van der Waals surface area (Å²) in [5.74, 6) is -0.168. The van der Waals surface area contributed by atoms with Crippen LogP contribution in [0, 0.1) is 0 Å². The van der Waals surface area contributed by atoms with E-state index in [-0.39, 0.29) is 17.7 Å². The Kier molecular flexibility index (Phi) is 5.77. The molecule has 1 aromatic heterocycles. The maximum absolute atomic E-state index is 12.7. The lowest BCUT2D eigenvalue weighted by Crippen LogP contribution is -2.43. The molecule has 2 N–H and O–H groups in total. The molecule has 31 heavy (non-hydrogen) atoms. The predicted octanol–water partition coefficient (Wildman–Crippen LogP) is 1.84. The smallest absolute Gasteiger partial charge is 0.290 e. The Morgan fingerprint density at radius 2 is 1.87 bits per heavy atom. The number of rotatable bonds is 4. The van der Waals surface area contributed by atoms with Gasteiger partial charge in [0.2, 0.25) is 5.91 Å². The minimum absolute atomic E-state index is 0.0414. The van der Waals surface area contributed by atoms with Crippen LogP contribution in [0.25, 0.3) is 10.8 Å². The molecule has 10 heteroatoms. The number of ether oxygens (including phenoxy) is 2. The minimum Gasteiger partial charge on any atom is -0.486 e. The number of carbonyl (C=O) groups is 2. The van der Waals surface area contributed by atoms with E-state index >= 15 is 0 Å². The van der Waals surface area contributed by atoms with Gasteiger partial charge in [-0.3, -0.25) is 25.2 Å². The molecule has 0 aliphatic carbocycles. The van der Waals surface area contributed by atoms with Gasteiger partial charge in [0.05, 0.1) is 16.8 Å². The third kappa shape index (κ3) is 4.17. The van der Waals surface area contributed by atoms with E-state index in [1.807, 2.05) is 0 Å². The first-order valence-corrected chi connectivity index (χ1v) is 10.0. The van der Waals surface area contributed by atoms with Crippen LogP contribution in [-0.4, -0.2) is 34.8 Å². The van der Waals surface area contributed by atoms with Gasteiger partial charge >= 0.3 is 0 Å². The highest BCUT2D eigenvalue weighted by Crippen LogP contribution is 2.38. The molecule has 2 amide bonds. The van der Waals surface area contributed by atoms with Crippen LogP contribution >= 0.6 is 11.6 Å². The standard InChI is InChI=1S/C21H19ClN4O5/c1-2-26-21(29)14-6-4-3-5-13(14)18(25-26)20(28)24-23-17(27)11-12-9-15(22)19-16(10-12)30-7-8-31-19/h3-6,9-10H,2,7-8,11H2,1H3,(H,23,27)(H,24,28). The minimum atomic E-state index is -0.632. The molecule has 4 rings (SSSR count). The van der Waals surface area contributed by atoms with E-state index < -0.39 is 11.8 Å². The van der Waals surface area contributed by atoms with E-state index in [0.29, 0.717) is 52.6 Å². The molecule has 0 saturated heterocycles. The van der Waals surface area contributed by atoms with Crippen molar-refractivity contribution >= 4 is 34.2 Å². The molecule has 160 valence electrons. The number of hydrogen-bond acceptors (Lipinski definition) is 6. The monoisotopic (exact) mass is 442 g/mol. The van der Waals surface area contributed by atoms with Crippen LogP contribution in [0.2, 0.25) is 5.02 Å². The van der Waals surface area contributed by atoms with Crippen molar-refractivity contribution in [1.29, 1.82) is 0 Å². The second-order valence-electron chi connectivity index (χ2n) is 6.80. The average molecular weight is 443 g/mol. The van der Waals surface area contributed by atoms with Crippen molar-refractivity contribution < 1.29 is 19.1 Å². The Balaban J connectivity index is 1.48. The highest BCUT2D eigenvalue weighted by atomic mass is 35.5. The normalized spacial score (nSPS) is 12.5. The first-order chi connectivity index (χ1) is 15.0. The summed E-state index contributed by atoms with van der Waals surface area (Å²) in [6.07, 6.45) is -0.0424. The number of nitrogens with one attached hydrogen (secondary N) is 2. The second kappa shape index (κ2) is 8.65. The first-order valence-electron chi connectivity index (χ1n) is 9.65. The number of carbonyl (C=O) groups excluding carboxylic acids is 2. The Morgan fingerprint density at radius 1 is 1.13 bits per heavy atom. The maximum atomic E-state index is 12.7. The number of benzene rings is 2. The molecular weight excluding hydrogens is 424 g/mol. The highest BCUT2D eigenvalue weighted by molar-refractivity contribution is 6.32. The summed E-state index contributed by atoms with van der Waals surface area (Å²) >= 11 is 6.19. The van der Waals surface area contributed by atoms with Crippen LogP contribution in [-0.2, 0) is 17.8 Å². The fourth-order valence-corrected chi connectivity index (χ4v) is 3.59. The summed E-state index contributed by atoms with van der Waals surface area (Å²) < 4.78 is 12.2. The first kappa shape index (κ1) is 20.7. The lowest BCUT2D eigenvalue weighted by atomic mass is 10.1. The SMILES string of the molecule is CCn1nc(C(=O)NNC(=O)Cc2cc(Cl)c3c(c2)OCCO3)c2ccccc2c1=O. The summed E-state index contributed by atoms with van der Waals surface area (Å²) in [5.41, 5.74) is 5.08. The summed E-state index contributed by atoms with van der Waals surface area (Å²) in [7, 11) is 0. The molecule has 0 spiro atoms. The van der Waals surface area contributed by atoms with Gasteiger partial charge in [0.1, 0.15) is 13.2 Å². The zero-order valence-corrected chi connectivity index (χ0v) is 17.4. The van der Waals surface area contributed by atoms with Gasteiger partial charge in [0.25, 0.3) is 11.5 Å². The molecule has 1 aliphatic rings. The maximum Gasteiger partial charge on any atom is 0.290 e. The number of hydrazine groups is 1. The fourth-order valence-electron chi connectivity index (χ4n) is 3.30. The van der Waals surface area contributed by atoms with Gasteiger partial charge in [-0.25, -0.2) is 4.68 Å². The number of aryl methyl sites for hydroxylation is 1. The van der Waals surface area contributed by atoms with E-state index in [2.05, 4.69) is 16.0 Å².